The number of halogens is 1. The number of carbonyl (C=O) groups is 2. The Balaban J connectivity index is 2.46. The molecule has 0 heterocycles. The third-order valence-electron chi connectivity index (χ3n) is 3.83. The molecule has 0 aliphatic rings. The Morgan fingerprint density at radius 2 is 1.89 bits per heavy atom. The molecular weight excluding hydrogens is 353 g/mol. The Kier molecular flexibility index (Phi) is 9.93. The van der Waals surface area contributed by atoms with E-state index in [1.807, 2.05) is 0 Å². The Hall–Kier alpha value is -2.57. The lowest BCUT2D eigenvalue weighted by Gasteiger charge is -2.14. The first-order valence-electron chi connectivity index (χ1n) is 9.13. The van der Waals surface area contributed by atoms with E-state index in [-0.39, 0.29) is 17.0 Å². The zero-order chi connectivity index (χ0) is 20.2. The van der Waals surface area contributed by atoms with Crippen LogP contribution in [0.3, 0.4) is 0 Å². The highest BCUT2D eigenvalue weighted by Crippen LogP contribution is 2.22. The number of benzene rings is 1. The molecule has 27 heavy (non-hydrogen) atoms. The average molecular weight is 381 g/mol. The van der Waals surface area contributed by atoms with Crippen molar-refractivity contribution < 1.29 is 28.6 Å². The van der Waals surface area contributed by atoms with Gasteiger partial charge in [-0.05, 0) is 31.1 Å². The van der Waals surface area contributed by atoms with Crippen LogP contribution in [0.15, 0.2) is 30.4 Å². The van der Waals surface area contributed by atoms with E-state index in [0.717, 1.165) is 25.3 Å². The maximum Gasteiger partial charge on any atom is 0.412 e. The van der Waals surface area contributed by atoms with Gasteiger partial charge in [-0.3, -0.25) is 5.32 Å². The first kappa shape index (κ1) is 22.5. The third kappa shape index (κ3) is 8.57. The normalized spacial score (nSPS) is 11.5. The zero-order valence-corrected chi connectivity index (χ0v) is 15.9. The number of amides is 1. The summed E-state index contributed by atoms with van der Waals surface area (Å²) in [4.78, 5) is 22.7. The number of nitrogens with one attached hydrogen (secondary N) is 1. The first-order valence-corrected chi connectivity index (χ1v) is 9.13. The number of carboxylic acids is 1. The summed E-state index contributed by atoms with van der Waals surface area (Å²) in [6.07, 6.45) is 4.20. The van der Waals surface area contributed by atoms with Crippen molar-refractivity contribution in [2.45, 2.75) is 58.5 Å². The summed E-state index contributed by atoms with van der Waals surface area (Å²) in [7, 11) is 0. The number of anilines is 1. The second kappa shape index (κ2) is 11.9. The molecule has 1 amide bonds. The molecule has 1 aromatic carbocycles. The summed E-state index contributed by atoms with van der Waals surface area (Å²) in [5.41, 5.74) is 0.303. The van der Waals surface area contributed by atoms with Gasteiger partial charge < -0.3 is 14.6 Å². The summed E-state index contributed by atoms with van der Waals surface area (Å²) in [5.74, 6) is -1.84. The van der Waals surface area contributed by atoms with Crippen LogP contribution in [0.5, 0.6) is 5.75 Å². The van der Waals surface area contributed by atoms with E-state index in [2.05, 4.69) is 18.8 Å². The van der Waals surface area contributed by atoms with Gasteiger partial charge in [-0.1, -0.05) is 45.6 Å². The number of hydrogen-bond donors (Lipinski definition) is 2. The van der Waals surface area contributed by atoms with E-state index in [0.29, 0.717) is 6.61 Å². The summed E-state index contributed by atoms with van der Waals surface area (Å²) in [6.45, 7) is 7.48. The van der Waals surface area contributed by atoms with Gasteiger partial charge in [0.2, 0.25) is 6.10 Å². The van der Waals surface area contributed by atoms with Crippen LogP contribution < -0.4 is 10.1 Å². The van der Waals surface area contributed by atoms with Crippen molar-refractivity contribution in [2.75, 3.05) is 11.9 Å². The molecule has 0 saturated heterocycles. The van der Waals surface area contributed by atoms with E-state index in [1.54, 1.807) is 0 Å². The molecule has 1 aromatic rings. The Bertz CT molecular complexity index is 633. The van der Waals surface area contributed by atoms with Gasteiger partial charge in [0.05, 0.1) is 6.61 Å². The quantitative estimate of drug-likeness (QED) is 0.387. The number of unbranched alkanes of at least 4 members (excludes halogenated alkanes) is 5. The van der Waals surface area contributed by atoms with E-state index in [4.69, 9.17) is 14.6 Å². The minimum Gasteiger partial charge on any atom is -0.491 e. The van der Waals surface area contributed by atoms with Gasteiger partial charge in [0.15, 0.2) is 11.6 Å². The van der Waals surface area contributed by atoms with E-state index in [9.17, 15) is 14.0 Å². The van der Waals surface area contributed by atoms with Gasteiger partial charge in [-0.15, -0.1) is 0 Å². The molecular formula is C20H28FNO5. The molecule has 1 unspecified atom stereocenters. The maximum atomic E-state index is 14.1. The molecule has 7 heteroatoms. The lowest BCUT2D eigenvalue weighted by Crippen LogP contribution is -2.30. The van der Waals surface area contributed by atoms with E-state index >= 15 is 0 Å². The Morgan fingerprint density at radius 1 is 1.22 bits per heavy atom. The van der Waals surface area contributed by atoms with Gasteiger partial charge in [0.1, 0.15) is 0 Å². The molecule has 0 bridgehead atoms. The minimum atomic E-state index is -1.46. The van der Waals surface area contributed by atoms with Gasteiger partial charge in [0, 0.05) is 11.8 Å². The number of rotatable bonds is 12. The number of ether oxygens (including phenoxy) is 2. The molecule has 0 aromatic heterocycles. The van der Waals surface area contributed by atoms with Gasteiger partial charge in [-0.2, -0.15) is 0 Å². The van der Waals surface area contributed by atoms with Crippen LogP contribution in [0.4, 0.5) is 14.9 Å². The largest absolute Gasteiger partial charge is 0.491 e. The average Bonchev–Trinajstić information content (AvgIpc) is 2.60. The van der Waals surface area contributed by atoms with Crippen molar-refractivity contribution in [2.24, 2.45) is 0 Å². The Morgan fingerprint density at radius 3 is 2.48 bits per heavy atom. The molecule has 0 saturated carbocycles. The van der Waals surface area contributed by atoms with Crippen LogP contribution in [-0.2, 0) is 9.53 Å². The molecule has 0 aliphatic carbocycles. The smallest absolute Gasteiger partial charge is 0.412 e. The highest BCUT2D eigenvalue weighted by molar-refractivity contribution is 5.88. The molecule has 0 aliphatic heterocycles. The van der Waals surface area contributed by atoms with Crippen LogP contribution in [0, 0.1) is 5.82 Å². The van der Waals surface area contributed by atoms with Crippen LogP contribution in [0.25, 0.3) is 0 Å². The maximum absolute atomic E-state index is 14.1. The molecule has 0 radical (unpaired) electrons. The van der Waals surface area contributed by atoms with Crippen LogP contribution >= 0.6 is 0 Å². The molecule has 1 atom stereocenters. The number of carbonyl (C=O) groups excluding carboxylic acids is 1. The van der Waals surface area contributed by atoms with Gasteiger partial charge in [0.25, 0.3) is 0 Å². The van der Waals surface area contributed by atoms with Crippen LogP contribution in [-0.4, -0.2) is 29.9 Å². The number of aliphatic carboxylic acids is 1. The van der Waals surface area contributed by atoms with Gasteiger partial charge in [-0.25, -0.2) is 14.0 Å². The topological polar surface area (TPSA) is 84.9 Å². The summed E-state index contributed by atoms with van der Waals surface area (Å²) < 4.78 is 24.3. The summed E-state index contributed by atoms with van der Waals surface area (Å²) in [5, 5.41) is 11.2. The zero-order valence-electron chi connectivity index (χ0n) is 15.9. The van der Waals surface area contributed by atoms with Crippen LogP contribution in [0.2, 0.25) is 0 Å². The van der Waals surface area contributed by atoms with E-state index in [1.165, 1.54) is 38.3 Å². The third-order valence-corrected chi connectivity index (χ3v) is 3.83. The molecule has 6 nitrogen and oxygen atoms in total. The van der Waals surface area contributed by atoms with Crippen molar-refractivity contribution in [1.29, 1.82) is 0 Å². The van der Waals surface area contributed by atoms with Gasteiger partial charge >= 0.3 is 12.1 Å². The summed E-state index contributed by atoms with van der Waals surface area (Å²) in [6, 6.07) is 3.96. The van der Waals surface area contributed by atoms with Crippen LogP contribution in [0.1, 0.15) is 52.4 Å². The first-order chi connectivity index (χ1) is 12.8. The van der Waals surface area contributed by atoms with E-state index < -0.39 is 24.0 Å². The minimum absolute atomic E-state index is 0.104. The predicted molar refractivity (Wildman–Crippen MR) is 102 cm³/mol. The van der Waals surface area contributed by atoms with Crippen molar-refractivity contribution in [1.82, 2.24) is 0 Å². The lowest BCUT2D eigenvalue weighted by molar-refractivity contribution is -0.144. The number of hydrogen-bond acceptors (Lipinski definition) is 4. The van der Waals surface area contributed by atoms with Crippen molar-refractivity contribution >= 4 is 17.7 Å². The molecule has 0 fully saturated rings. The van der Waals surface area contributed by atoms with Crippen molar-refractivity contribution in [3.8, 4) is 5.75 Å². The highest BCUT2D eigenvalue weighted by Gasteiger charge is 2.23. The fourth-order valence-corrected chi connectivity index (χ4v) is 2.38. The van der Waals surface area contributed by atoms with Crippen molar-refractivity contribution in [3.05, 3.63) is 36.2 Å². The monoisotopic (exact) mass is 381 g/mol. The predicted octanol–water partition coefficient (Wildman–Crippen LogP) is 5.14. The SMILES string of the molecule is C=C(C)C(OC(=O)Nc1ccc(OCCCCCCCC)c(F)c1)C(=O)O. The second-order valence-electron chi connectivity index (χ2n) is 6.36. The standard InChI is InChI=1S/C20H28FNO5/c1-4-5-6-7-8-9-12-26-17-11-10-15(13-16(17)21)22-20(25)27-18(14(2)3)19(23)24/h10-11,13,18H,2,4-9,12H2,1,3H3,(H,22,25)(H,23,24). The fraction of sp³-hybridized carbons (Fsp3) is 0.500. The summed E-state index contributed by atoms with van der Waals surface area (Å²) >= 11 is 0. The molecule has 1 rings (SSSR count). The molecule has 2 N–H and O–H groups in total. The molecule has 0 spiro atoms. The highest BCUT2D eigenvalue weighted by atomic mass is 19.1. The molecule has 150 valence electrons. The van der Waals surface area contributed by atoms with Crippen molar-refractivity contribution in [3.63, 3.8) is 0 Å². The second-order valence-corrected chi connectivity index (χ2v) is 6.36. The lowest BCUT2D eigenvalue weighted by atomic mass is 10.1. The fourth-order valence-electron chi connectivity index (χ4n) is 2.38. The Labute approximate surface area is 159 Å². The number of carboxylic acid groups (broad SMARTS) is 1.